The lowest BCUT2D eigenvalue weighted by Gasteiger charge is -2.08. The molecule has 0 radical (unpaired) electrons. The monoisotopic (exact) mass is 250 g/mol. The number of rotatable bonds is 3. The van der Waals surface area contributed by atoms with Crippen LogP contribution >= 0.6 is 0 Å². The highest BCUT2D eigenvalue weighted by Gasteiger charge is 2.50. The number of carbonyl (C=O) groups is 3. The molecule has 0 aliphatic heterocycles. The number of carbonyl (C=O) groups excluding carboxylic acids is 2. The van der Waals surface area contributed by atoms with Crippen molar-refractivity contribution in [1.29, 1.82) is 0 Å². The highest BCUT2D eigenvalue weighted by atomic mass is 16.5. The first-order chi connectivity index (χ1) is 8.34. The summed E-state index contributed by atoms with van der Waals surface area (Å²) in [6.45, 7) is 0. The van der Waals surface area contributed by atoms with E-state index in [-0.39, 0.29) is 24.0 Å². The first-order valence-electron chi connectivity index (χ1n) is 5.23. The fourth-order valence-corrected chi connectivity index (χ4v) is 1.86. The van der Waals surface area contributed by atoms with Gasteiger partial charge < -0.3 is 15.3 Å². The Balaban J connectivity index is 2.36. The lowest BCUT2D eigenvalue weighted by molar-refractivity contribution is -0.136. The minimum atomic E-state index is -2.99. The van der Waals surface area contributed by atoms with E-state index < -0.39 is 23.3 Å². The van der Waals surface area contributed by atoms with E-state index in [1.807, 2.05) is 0 Å². The summed E-state index contributed by atoms with van der Waals surface area (Å²) in [5.41, 5.74) is 0.423. The van der Waals surface area contributed by atoms with Crippen LogP contribution in [0.2, 0.25) is 0 Å². The first kappa shape index (κ1) is 12.4. The van der Waals surface area contributed by atoms with Crippen molar-refractivity contribution in [2.24, 2.45) is 0 Å². The number of fused-ring (bicyclic) bond motifs is 1. The number of carboxylic acid groups (broad SMARTS) is 1. The maximum absolute atomic E-state index is 11.6. The summed E-state index contributed by atoms with van der Waals surface area (Å²) in [5, 5.41) is 27.2. The highest BCUT2D eigenvalue weighted by Crippen LogP contribution is 2.29. The molecule has 0 fully saturated rings. The van der Waals surface area contributed by atoms with Gasteiger partial charge >= 0.3 is 5.97 Å². The zero-order valence-electron chi connectivity index (χ0n) is 9.21. The van der Waals surface area contributed by atoms with E-state index in [2.05, 4.69) is 0 Å². The van der Waals surface area contributed by atoms with Gasteiger partial charge in [-0.15, -0.1) is 0 Å². The summed E-state index contributed by atoms with van der Waals surface area (Å²) >= 11 is 0. The molecule has 6 heteroatoms. The molecule has 3 N–H and O–H groups in total. The van der Waals surface area contributed by atoms with Gasteiger partial charge in [0.1, 0.15) is 0 Å². The SMILES string of the molecule is O=C(O)CCc1ccc2c(c1)C(=O)C(O)(O)C2=O. The summed E-state index contributed by atoms with van der Waals surface area (Å²) in [6.07, 6.45) is 0.0955. The van der Waals surface area contributed by atoms with E-state index in [1.165, 1.54) is 18.2 Å². The Morgan fingerprint density at radius 2 is 1.72 bits per heavy atom. The Hall–Kier alpha value is -2.05. The van der Waals surface area contributed by atoms with Crippen LogP contribution in [0, 0.1) is 0 Å². The molecular weight excluding hydrogens is 240 g/mol. The first-order valence-corrected chi connectivity index (χ1v) is 5.23. The van der Waals surface area contributed by atoms with Crippen molar-refractivity contribution in [3.05, 3.63) is 34.9 Å². The van der Waals surface area contributed by atoms with Gasteiger partial charge in [0, 0.05) is 17.5 Å². The van der Waals surface area contributed by atoms with Gasteiger partial charge in [0.25, 0.3) is 5.79 Å². The number of carboxylic acids is 1. The molecular formula is C12H10O6. The van der Waals surface area contributed by atoms with Crippen LogP contribution in [-0.2, 0) is 11.2 Å². The standard InChI is InChI=1S/C12H10O6/c13-9(14)4-2-6-1-3-7-8(5-6)11(16)12(17,18)10(7)15/h1,3,5,17-18H,2,4H2,(H,13,14). The molecule has 18 heavy (non-hydrogen) atoms. The van der Waals surface area contributed by atoms with Gasteiger partial charge in [-0.05, 0) is 18.1 Å². The van der Waals surface area contributed by atoms with Crippen molar-refractivity contribution in [3.8, 4) is 0 Å². The summed E-state index contributed by atoms with van der Waals surface area (Å²) in [4.78, 5) is 33.5. The van der Waals surface area contributed by atoms with Gasteiger partial charge in [-0.2, -0.15) is 0 Å². The number of aliphatic hydroxyl groups is 2. The molecule has 0 heterocycles. The topological polar surface area (TPSA) is 112 Å². The predicted octanol–water partition coefficient (Wildman–Crippen LogP) is -0.236. The zero-order valence-corrected chi connectivity index (χ0v) is 9.21. The zero-order chi connectivity index (χ0) is 13.5. The minimum absolute atomic E-state index is 0.0518. The van der Waals surface area contributed by atoms with Crippen LogP contribution in [-0.4, -0.2) is 38.6 Å². The second-order valence-electron chi connectivity index (χ2n) is 4.10. The normalized spacial score (nSPS) is 16.8. The smallest absolute Gasteiger partial charge is 0.303 e. The van der Waals surface area contributed by atoms with Crippen LogP contribution in [0.4, 0.5) is 0 Å². The third-order valence-corrected chi connectivity index (χ3v) is 2.83. The van der Waals surface area contributed by atoms with Gasteiger partial charge in [-0.1, -0.05) is 12.1 Å². The molecule has 1 aromatic rings. The minimum Gasteiger partial charge on any atom is -0.481 e. The Morgan fingerprint density at radius 1 is 1.11 bits per heavy atom. The Kier molecular flexibility index (Phi) is 2.76. The molecule has 0 unspecified atom stereocenters. The van der Waals surface area contributed by atoms with Crippen molar-refractivity contribution in [2.75, 3.05) is 0 Å². The quantitative estimate of drug-likeness (QED) is 0.504. The fourth-order valence-electron chi connectivity index (χ4n) is 1.86. The molecule has 0 spiro atoms. The van der Waals surface area contributed by atoms with Gasteiger partial charge in [0.2, 0.25) is 11.6 Å². The lowest BCUT2D eigenvalue weighted by Crippen LogP contribution is -2.40. The number of hydrogen-bond donors (Lipinski definition) is 3. The highest BCUT2D eigenvalue weighted by molar-refractivity contribution is 6.30. The summed E-state index contributed by atoms with van der Waals surface area (Å²) in [7, 11) is 0. The molecule has 2 rings (SSSR count). The maximum Gasteiger partial charge on any atom is 0.303 e. The average molecular weight is 250 g/mol. The second kappa shape index (κ2) is 4.01. The van der Waals surface area contributed by atoms with Crippen molar-refractivity contribution >= 4 is 17.5 Å². The van der Waals surface area contributed by atoms with Crippen LogP contribution in [0.25, 0.3) is 0 Å². The van der Waals surface area contributed by atoms with Gasteiger partial charge in [0.05, 0.1) is 0 Å². The Bertz CT molecular complexity index is 558. The van der Waals surface area contributed by atoms with Crippen LogP contribution < -0.4 is 0 Å². The number of Topliss-reactive ketones (excluding diaryl/α,β-unsaturated/α-hetero) is 2. The lowest BCUT2D eigenvalue weighted by atomic mass is 10.0. The number of hydrogen-bond acceptors (Lipinski definition) is 5. The third-order valence-electron chi connectivity index (χ3n) is 2.83. The van der Waals surface area contributed by atoms with Gasteiger partial charge in [-0.3, -0.25) is 14.4 Å². The van der Waals surface area contributed by atoms with Crippen LogP contribution in [0.5, 0.6) is 0 Å². The molecule has 94 valence electrons. The predicted molar refractivity (Wildman–Crippen MR) is 58.2 cm³/mol. The number of aryl methyl sites for hydroxylation is 1. The van der Waals surface area contributed by atoms with Gasteiger partial charge in [-0.25, -0.2) is 0 Å². The Morgan fingerprint density at radius 3 is 2.33 bits per heavy atom. The summed E-state index contributed by atoms with van der Waals surface area (Å²) in [5.74, 6) is -6.09. The molecule has 1 aliphatic rings. The van der Waals surface area contributed by atoms with E-state index in [0.717, 1.165) is 0 Å². The molecule has 0 saturated heterocycles. The number of benzene rings is 1. The summed E-state index contributed by atoms with van der Waals surface area (Å²) < 4.78 is 0. The molecule has 0 aromatic heterocycles. The second-order valence-corrected chi connectivity index (χ2v) is 4.10. The van der Waals surface area contributed by atoms with E-state index in [4.69, 9.17) is 5.11 Å². The molecule has 0 atom stereocenters. The van der Waals surface area contributed by atoms with E-state index >= 15 is 0 Å². The molecule has 0 amide bonds. The third kappa shape index (κ3) is 1.81. The number of ketones is 2. The van der Waals surface area contributed by atoms with Crippen LogP contribution in [0.1, 0.15) is 32.7 Å². The fraction of sp³-hybridized carbons (Fsp3) is 0.250. The van der Waals surface area contributed by atoms with E-state index in [0.29, 0.717) is 5.56 Å². The largest absolute Gasteiger partial charge is 0.481 e. The van der Waals surface area contributed by atoms with Crippen LogP contribution in [0.15, 0.2) is 18.2 Å². The van der Waals surface area contributed by atoms with E-state index in [1.54, 1.807) is 0 Å². The van der Waals surface area contributed by atoms with Crippen LogP contribution in [0.3, 0.4) is 0 Å². The summed E-state index contributed by atoms with van der Waals surface area (Å²) in [6, 6.07) is 4.13. The average Bonchev–Trinajstić information content (AvgIpc) is 2.49. The molecule has 0 saturated carbocycles. The van der Waals surface area contributed by atoms with Crippen molar-refractivity contribution in [2.45, 2.75) is 18.6 Å². The molecule has 1 aromatic carbocycles. The van der Waals surface area contributed by atoms with Crippen molar-refractivity contribution in [1.82, 2.24) is 0 Å². The Labute approximate surface area is 101 Å². The van der Waals surface area contributed by atoms with Gasteiger partial charge in [0.15, 0.2) is 0 Å². The number of aliphatic carboxylic acids is 1. The molecule has 0 bridgehead atoms. The van der Waals surface area contributed by atoms with Crippen molar-refractivity contribution < 1.29 is 29.7 Å². The van der Waals surface area contributed by atoms with E-state index in [9.17, 15) is 24.6 Å². The molecule has 6 nitrogen and oxygen atoms in total. The maximum atomic E-state index is 11.6. The molecule has 1 aliphatic carbocycles. The van der Waals surface area contributed by atoms with Crippen molar-refractivity contribution in [3.63, 3.8) is 0 Å².